The Kier molecular flexibility index (Phi) is 3.55. The summed E-state index contributed by atoms with van der Waals surface area (Å²) in [5.74, 6) is 0.950. The first kappa shape index (κ1) is 12.2. The molecule has 0 aliphatic rings. The third-order valence-electron chi connectivity index (χ3n) is 2.37. The van der Waals surface area contributed by atoms with Gasteiger partial charge in [0.15, 0.2) is 5.76 Å². The van der Waals surface area contributed by atoms with Crippen LogP contribution in [0.3, 0.4) is 0 Å². The summed E-state index contributed by atoms with van der Waals surface area (Å²) in [5.41, 5.74) is 0.707. The normalized spacial score (nSPS) is 10.5. The van der Waals surface area contributed by atoms with Crippen molar-refractivity contribution in [3.63, 3.8) is 0 Å². The number of benzene rings is 1. The van der Waals surface area contributed by atoms with Gasteiger partial charge in [0.2, 0.25) is 5.78 Å². The number of rotatable bonds is 3. The maximum Gasteiger partial charge on any atom is 0.202 e. The van der Waals surface area contributed by atoms with Crippen molar-refractivity contribution in [2.75, 3.05) is 0 Å². The summed E-state index contributed by atoms with van der Waals surface area (Å²) in [7, 11) is 0. The third-order valence-corrected chi connectivity index (χ3v) is 2.98. The number of aryl methyl sites for hydroxylation is 1. The van der Waals surface area contributed by atoms with Gasteiger partial charge in [0.25, 0.3) is 0 Å². The molecular weight excluding hydrogens is 259 g/mol. The van der Waals surface area contributed by atoms with Gasteiger partial charge in [0, 0.05) is 16.5 Å². The first-order valence-corrected chi connectivity index (χ1v) is 5.85. The van der Waals surface area contributed by atoms with E-state index >= 15 is 0 Å². The monoisotopic (exact) mass is 268 g/mol. The Morgan fingerprint density at radius 2 is 2.00 bits per heavy atom. The van der Waals surface area contributed by atoms with Gasteiger partial charge < -0.3 is 4.42 Å². The van der Waals surface area contributed by atoms with E-state index in [2.05, 4.69) is 0 Å². The molecule has 0 atom stereocenters. The number of halogens is 2. The molecule has 0 spiro atoms. The second-order valence-corrected chi connectivity index (χ2v) is 4.59. The van der Waals surface area contributed by atoms with Crippen molar-refractivity contribution in [2.24, 2.45) is 0 Å². The van der Waals surface area contributed by atoms with E-state index < -0.39 is 0 Å². The van der Waals surface area contributed by atoms with E-state index in [1.165, 1.54) is 0 Å². The Morgan fingerprint density at radius 3 is 2.65 bits per heavy atom. The van der Waals surface area contributed by atoms with Crippen LogP contribution in [0, 0.1) is 6.92 Å². The van der Waals surface area contributed by atoms with Crippen molar-refractivity contribution < 1.29 is 9.21 Å². The largest absolute Gasteiger partial charge is 0.458 e. The van der Waals surface area contributed by atoms with Crippen LogP contribution in [0.25, 0.3) is 0 Å². The highest BCUT2D eigenvalue weighted by Gasteiger charge is 2.13. The van der Waals surface area contributed by atoms with Crippen molar-refractivity contribution in [3.05, 3.63) is 57.5 Å². The fraction of sp³-hybridized carbons (Fsp3) is 0.154. The highest BCUT2D eigenvalue weighted by molar-refractivity contribution is 6.33. The molecule has 1 heterocycles. The summed E-state index contributed by atoms with van der Waals surface area (Å²) in [4.78, 5) is 11.9. The number of furan rings is 1. The zero-order valence-corrected chi connectivity index (χ0v) is 10.7. The average molecular weight is 269 g/mol. The quantitative estimate of drug-likeness (QED) is 0.777. The lowest BCUT2D eigenvalue weighted by molar-refractivity contribution is 0.0965. The van der Waals surface area contributed by atoms with Crippen LogP contribution >= 0.6 is 23.2 Å². The molecule has 4 heteroatoms. The molecule has 17 heavy (non-hydrogen) atoms. The van der Waals surface area contributed by atoms with Gasteiger partial charge >= 0.3 is 0 Å². The lowest BCUT2D eigenvalue weighted by Crippen LogP contribution is -2.02. The van der Waals surface area contributed by atoms with Gasteiger partial charge in [0.05, 0.1) is 0 Å². The predicted octanol–water partition coefficient (Wildman–Crippen LogP) is 4.32. The number of hydrogen-bond acceptors (Lipinski definition) is 2. The van der Waals surface area contributed by atoms with Crippen molar-refractivity contribution in [3.8, 4) is 0 Å². The first-order valence-electron chi connectivity index (χ1n) is 5.10. The first-order chi connectivity index (χ1) is 8.06. The van der Waals surface area contributed by atoms with E-state index in [1.54, 1.807) is 37.3 Å². The van der Waals surface area contributed by atoms with E-state index in [0.717, 1.165) is 0 Å². The predicted molar refractivity (Wildman–Crippen MR) is 67.9 cm³/mol. The van der Waals surface area contributed by atoms with Gasteiger partial charge in [-0.1, -0.05) is 23.2 Å². The minimum Gasteiger partial charge on any atom is -0.458 e. The topological polar surface area (TPSA) is 30.2 Å². The second kappa shape index (κ2) is 4.94. The number of carbonyl (C=O) groups excluding carboxylic acids is 1. The molecule has 1 aromatic heterocycles. The molecule has 2 aromatic rings. The summed E-state index contributed by atoms with van der Waals surface area (Å²) < 4.78 is 5.26. The molecular formula is C13H10Cl2O2. The molecule has 1 aromatic carbocycles. The molecule has 0 aliphatic heterocycles. The minimum atomic E-state index is -0.109. The van der Waals surface area contributed by atoms with Crippen LogP contribution in [0.2, 0.25) is 10.0 Å². The van der Waals surface area contributed by atoms with Crippen LogP contribution in [0.5, 0.6) is 0 Å². The van der Waals surface area contributed by atoms with Crippen LogP contribution < -0.4 is 0 Å². The van der Waals surface area contributed by atoms with Crippen LogP contribution in [0.1, 0.15) is 21.9 Å². The average Bonchev–Trinajstić information content (AvgIpc) is 2.70. The smallest absolute Gasteiger partial charge is 0.202 e. The van der Waals surface area contributed by atoms with E-state index in [-0.39, 0.29) is 12.2 Å². The Hall–Kier alpha value is -1.25. The lowest BCUT2D eigenvalue weighted by Gasteiger charge is -2.02. The molecule has 0 bridgehead atoms. The van der Waals surface area contributed by atoms with E-state index in [0.29, 0.717) is 27.1 Å². The Bertz CT molecular complexity index is 558. The van der Waals surface area contributed by atoms with Crippen molar-refractivity contribution >= 4 is 29.0 Å². The summed E-state index contributed by atoms with van der Waals surface area (Å²) in [6.45, 7) is 1.79. The van der Waals surface area contributed by atoms with Gasteiger partial charge in [-0.2, -0.15) is 0 Å². The third kappa shape index (κ3) is 2.90. The van der Waals surface area contributed by atoms with Gasteiger partial charge in [0.1, 0.15) is 5.76 Å². The van der Waals surface area contributed by atoms with E-state index in [9.17, 15) is 4.79 Å². The maximum absolute atomic E-state index is 11.9. The van der Waals surface area contributed by atoms with Crippen molar-refractivity contribution in [1.29, 1.82) is 0 Å². The molecule has 0 N–H and O–H groups in total. The van der Waals surface area contributed by atoms with Crippen LogP contribution in [-0.4, -0.2) is 5.78 Å². The van der Waals surface area contributed by atoms with Gasteiger partial charge in [-0.15, -0.1) is 0 Å². The van der Waals surface area contributed by atoms with Crippen LogP contribution in [0.4, 0.5) is 0 Å². The summed E-state index contributed by atoms with van der Waals surface area (Å²) >= 11 is 11.8. The summed E-state index contributed by atoms with van der Waals surface area (Å²) in [5, 5.41) is 1.10. The standard InChI is InChI=1S/C13H10Cl2O2/c1-8-2-5-13(17-8)12(16)7-9-6-10(14)3-4-11(9)15/h2-6H,7H2,1H3. The Labute approximate surface area is 109 Å². The maximum atomic E-state index is 11.9. The lowest BCUT2D eigenvalue weighted by atomic mass is 10.1. The van der Waals surface area contributed by atoms with E-state index in [4.69, 9.17) is 27.6 Å². The number of Topliss-reactive ketones (excluding diaryl/α,β-unsaturated/α-hetero) is 1. The molecule has 0 amide bonds. The summed E-state index contributed by atoms with van der Waals surface area (Å²) in [6, 6.07) is 8.48. The fourth-order valence-corrected chi connectivity index (χ4v) is 1.90. The molecule has 0 saturated carbocycles. The Morgan fingerprint density at radius 1 is 1.24 bits per heavy atom. The van der Waals surface area contributed by atoms with Gasteiger partial charge in [-0.25, -0.2) is 0 Å². The Balaban J connectivity index is 2.21. The molecule has 0 aliphatic carbocycles. The number of carbonyl (C=O) groups is 1. The van der Waals surface area contributed by atoms with Crippen LogP contribution in [-0.2, 0) is 6.42 Å². The molecule has 88 valence electrons. The molecule has 0 radical (unpaired) electrons. The zero-order chi connectivity index (χ0) is 12.4. The molecule has 0 fully saturated rings. The zero-order valence-electron chi connectivity index (χ0n) is 9.17. The highest BCUT2D eigenvalue weighted by atomic mass is 35.5. The van der Waals surface area contributed by atoms with Gasteiger partial charge in [-0.05, 0) is 42.8 Å². The van der Waals surface area contributed by atoms with E-state index in [1.807, 2.05) is 0 Å². The molecule has 0 unspecified atom stereocenters. The van der Waals surface area contributed by atoms with Crippen LogP contribution in [0.15, 0.2) is 34.7 Å². The minimum absolute atomic E-state index is 0.109. The number of hydrogen-bond donors (Lipinski definition) is 0. The molecule has 2 rings (SSSR count). The number of ketones is 1. The van der Waals surface area contributed by atoms with Crippen molar-refractivity contribution in [1.82, 2.24) is 0 Å². The molecule has 2 nitrogen and oxygen atoms in total. The fourth-order valence-electron chi connectivity index (χ4n) is 1.52. The molecule has 0 saturated heterocycles. The van der Waals surface area contributed by atoms with Crippen molar-refractivity contribution in [2.45, 2.75) is 13.3 Å². The van der Waals surface area contributed by atoms with Gasteiger partial charge in [-0.3, -0.25) is 4.79 Å². The second-order valence-electron chi connectivity index (χ2n) is 3.75. The SMILES string of the molecule is Cc1ccc(C(=O)Cc2cc(Cl)ccc2Cl)o1. The summed E-state index contributed by atoms with van der Waals surface area (Å²) in [6.07, 6.45) is 0.187. The highest BCUT2D eigenvalue weighted by Crippen LogP contribution is 2.22.